The van der Waals surface area contributed by atoms with E-state index in [2.05, 4.69) is 56.1 Å². The van der Waals surface area contributed by atoms with E-state index in [4.69, 9.17) is 17.0 Å². The van der Waals surface area contributed by atoms with Gasteiger partial charge in [-0.1, -0.05) is 6.08 Å². The number of allylic oxidation sites excluding steroid dienone is 1. The van der Waals surface area contributed by atoms with Gasteiger partial charge >= 0.3 is 0 Å². The van der Waals surface area contributed by atoms with Gasteiger partial charge in [0.1, 0.15) is 11.3 Å². The summed E-state index contributed by atoms with van der Waals surface area (Å²) in [5.41, 5.74) is 5.75. The zero-order valence-corrected chi connectivity index (χ0v) is 21.2. The Morgan fingerprint density at radius 3 is 2.41 bits per heavy atom. The van der Waals surface area contributed by atoms with Crippen LogP contribution >= 0.6 is 12.2 Å². The molecule has 2 aromatic carbocycles. The summed E-state index contributed by atoms with van der Waals surface area (Å²) in [7, 11) is 1.57. The summed E-state index contributed by atoms with van der Waals surface area (Å²) in [6.45, 7) is 11.5. The molecule has 2 aliphatic rings. The Labute approximate surface area is 205 Å². The van der Waals surface area contributed by atoms with E-state index in [0.29, 0.717) is 11.4 Å². The van der Waals surface area contributed by atoms with Gasteiger partial charge in [0.25, 0.3) is 11.8 Å². The molecule has 0 bridgehead atoms. The number of hydrogen-bond acceptors (Lipinski definition) is 5. The molecule has 0 radical (unpaired) electrons. The maximum atomic E-state index is 13.4. The van der Waals surface area contributed by atoms with E-state index in [1.165, 1.54) is 10.5 Å². The number of hydrogen-bond donors (Lipinski definition) is 1. The van der Waals surface area contributed by atoms with Gasteiger partial charge in [0.2, 0.25) is 0 Å². The van der Waals surface area contributed by atoms with Crippen molar-refractivity contribution in [2.45, 2.75) is 40.2 Å². The van der Waals surface area contributed by atoms with Crippen LogP contribution in [0.25, 0.3) is 11.6 Å². The molecular formula is C27H29N3O3S. The molecule has 2 heterocycles. The van der Waals surface area contributed by atoms with E-state index in [9.17, 15) is 9.59 Å². The molecule has 0 unspecified atom stereocenters. The van der Waals surface area contributed by atoms with Crippen molar-refractivity contribution in [2.24, 2.45) is 0 Å². The smallest absolute Gasteiger partial charge is 0.270 e. The van der Waals surface area contributed by atoms with E-state index in [0.717, 1.165) is 28.9 Å². The third-order valence-corrected chi connectivity index (χ3v) is 6.70. The molecule has 34 heavy (non-hydrogen) atoms. The fraction of sp³-hybridized carbons (Fsp3) is 0.296. The summed E-state index contributed by atoms with van der Waals surface area (Å²) in [5, 5.41) is 2.71. The van der Waals surface area contributed by atoms with Crippen molar-refractivity contribution in [1.82, 2.24) is 5.32 Å². The van der Waals surface area contributed by atoms with Crippen LogP contribution in [0.3, 0.4) is 0 Å². The number of amides is 2. The van der Waals surface area contributed by atoms with E-state index >= 15 is 0 Å². The predicted octanol–water partition coefficient (Wildman–Crippen LogP) is 4.86. The minimum atomic E-state index is -0.500. The number of carbonyl (C=O) groups excluding carboxylic acids is 2. The summed E-state index contributed by atoms with van der Waals surface area (Å²) in [6, 6.07) is 11.2. The quantitative estimate of drug-likeness (QED) is 0.389. The maximum absolute atomic E-state index is 13.4. The van der Waals surface area contributed by atoms with Gasteiger partial charge in [-0.25, -0.2) is 0 Å². The van der Waals surface area contributed by atoms with Crippen LogP contribution in [0, 0.1) is 6.92 Å². The lowest BCUT2D eigenvalue weighted by Crippen LogP contribution is -2.54. The third kappa shape index (κ3) is 4.01. The van der Waals surface area contributed by atoms with Crippen molar-refractivity contribution in [2.75, 3.05) is 23.5 Å². The number of benzene rings is 2. The molecule has 6 nitrogen and oxygen atoms in total. The lowest BCUT2D eigenvalue weighted by Gasteiger charge is -2.43. The van der Waals surface area contributed by atoms with Crippen LogP contribution in [-0.2, 0) is 9.59 Å². The van der Waals surface area contributed by atoms with Crippen molar-refractivity contribution in [3.8, 4) is 5.75 Å². The number of fused-ring (bicyclic) bond motifs is 1. The van der Waals surface area contributed by atoms with Gasteiger partial charge in [0.15, 0.2) is 5.11 Å². The van der Waals surface area contributed by atoms with E-state index in [-0.39, 0.29) is 16.2 Å². The van der Waals surface area contributed by atoms with E-state index < -0.39 is 11.8 Å². The Morgan fingerprint density at radius 2 is 1.79 bits per heavy atom. The fourth-order valence-electron chi connectivity index (χ4n) is 4.76. The lowest BCUT2D eigenvalue weighted by molar-refractivity contribution is -0.122. The topological polar surface area (TPSA) is 61.9 Å². The van der Waals surface area contributed by atoms with Gasteiger partial charge in [-0.2, -0.15) is 0 Å². The van der Waals surface area contributed by atoms with Crippen molar-refractivity contribution in [3.63, 3.8) is 0 Å². The molecule has 1 N–H and O–H groups in total. The maximum Gasteiger partial charge on any atom is 0.270 e. The molecule has 0 aromatic heterocycles. The zero-order valence-electron chi connectivity index (χ0n) is 20.4. The summed E-state index contributed by atoms with van der Waals surface area (Å²) in [6.07, 6.45) is 3.92. The van der Waals surface area contributed by atoms with Crippen LogP contribution in [0.4, 0.5) is 11.4 Å². The lowest BCUT2D eigenvalue weighted by atomic mass is 9.86. The molecule has 4 rings (SSSR count). The van der Waals surface area contributed by atoms with Crippen LogP contribution in [0.1, 0.15) is 44.4 Å². The van der Waals surface area contributed by atoms with Crippen LogP contribution in [-0.4, -0.2) is 36.1 Å². The molecule has 0 aliphatic carbocycles. The summed E-state index contributed by atoms with van der Waals surface area (Å²) >= 11 is 5.31. The van der Waals surface area contributed by atoms with Gasteiger partial charge in [0.05, 0.1) is 18.3 Å². The Morgan fingerprint density at radius 1 is 1.12 bits per heavy atom. The van der Waals surface area contributed by atoms with Crippen molar-refractivity contribution >= 4 is 52.2 Å². The Bertz CT molecular complexity index is 1260. The number of carbonyl (C=O) groups is 2. The van der Waals surface area contributed by atoms with Crippen molar-refractivity contribution < 1.29 is 14.3 Å². The van der Waals surface area contributed by atoms with Crippen LogP contribution in [0.15, 0.2) is 48.0 Å². The normalized spacial score (nSPS) is 18.6. The van der Waals surface area contributed by atoms with Crippen LogP contribution in [0.5, 0.6) is 5.75 Å². The number of aryl methyl sites for hydroxylation is 1. The van der Waals surface area contributed by atoms with E-state index in [1.54, 1.807) is 37.5 Å². The number of thiocarbonyl (C=S) groups is 1. The molecule has 2 aromatic rings. The number of rotatable bonds is 4. The summed E-state index contributed by atoms with van der Waals surface area (Å²) in [5.74, 6) is -0.295. The molecule has 0 atom stereocenters. The highest BCUT2D eigenvalue weighted by atomic mass is 32.1. The molecule has 2 amide bonds. The standard InChI is InChI=1S/C27H29N3O3S/c1-7-29-23-12-16(2)18(13-21(23)17(3)15-27(29,4)5)14-22-24(31)28-26(34)30(25(22)32)19-8-10-20(33-6)11-9-19/h8-15H,7H2,1-6H3,(H,28,31,34)/b22-14+. The first-order valence-corrected chi connectivity index (χ1v) is 11.7. The average Bonchev–Trinajstić information content (AvgIpc) is 2.77. The third-order valence-electron chi connectivity index (χ3n) is 6.41. The van der Waals surface area contributed by atoms with Gasteiger partial charge in [0, 0.05) is 17.8 Å². The molecule has 0 spiro atoms. The van der Waals surface area contributed by atoms with Crippen LogP contribution in [0.2, 0.25) is 0 Å². The van der Waals surface area contributed by atoms with E-state index in [1.807, 2.05) is 6.92 Å². The predicted molar refractivity (Wildman–Crippen MR) is 141 cm³/mol. The Hall–Kier alpha value is -3.45. The SMILES string of the molecule is CCN1c2cc(C)c(/C=C3\C(=O)NC(=S)N(c4ccc(OC)cc4)C3=O)cc2C(C)=CC1(C)C. The highest BCUT2D eigenvalue weighted by molar-refractivity contribution is 7.80. The average molecular weight is 476 g/mol. The Balaban J connectivity index is 1.77. The highest BCUT2D eigenvalue weighted by Crippen LogP contribution is 2.40. The molecule has 176 valence electrons. The fourth-order valence-corrected chi connectivity index (χ4v) is 5.04. The summed E-state index contributed by atoms with van der Waals surface area (Å²) < 4.78 is 5.20. The van der Waals surface area contributed by atoms with Gasteiger partial charge in [-0.05, 0) is 106 Å². The first-order valence-electron chi connectivity index (χ1n) is 11.2. The van der Waals surface area contributed by atoms with Gasteiger partial charge < -0.3 is 9.64 Å². The second kappa shape index (κ2) is 8.72. The van der Waals surface area contributed by atoms with Crippen LogP contribution < -0.4 is 19.9 Å². The number of nitrogens with zero attached hydrogens (tertiary/aromatic N) is 2. The number of likely N-dealkylation sites (N-methyl/N-ethyl adjacent to an activating group) is 1. The number of anilines is 2. The second-order valence-electron chi connectivity index (χ2n) is 9.11. The first kappa shape index (κ1) is 23.7. The number of nitrogens with one attached hydrogen (secondary N) is 1. The molecule has 2 aliphatic heterocycles. The zero-order chi connectivity index (χ0) is 24.8. The second-order valence-corrected chi connectivity index (χ2v) is 9.49. The Kier molecular flexibility index (Phi) is 6.08. The molecule has 7 heteroatoms. The molecule has 1 fully saturated rings. The highest BCUT2D eigenvalue weighted by Gasteiger charge is 2.35. The minimum Gasteiger partial charge on any atom is -0.497 e. The summed E-state index contributed by atoms with van der Waals surface area (Å²) in [4.78, 5) is 29.9. The monoisotopic (exact) mass is 475 g/mol. The first-order chi connectivity index (χ1) is 16.1. The molecular weight excluding hydrogens is 446 g/mol. The van der Waals surface area contributed by atoms with Crippen molar-refractivity contribution in [3.05, 3.63) is 64.7 Å². The minimum absolute atomic E-state index is 0.0394. The van der Waals surface area contributed by atoms with Crippen molar-refractivity contribution in [1.29, 1.82) is 0 Å². The molecule has 0 saturated carbocycles. The molecule has 1 saturated heterocycles. The number of ether oxygens (including phenoxy) is 1. The van der Waals surface area contributed by atoms with Gasteiger partial charge in [-0.3, -0.25) is 19.8 Å². The van der Waals surface area contributed by atoms with Gasteiger partial charge in [-0.15, -0.1) is 0 Å². The largest absolute Gasteiger partial charge is 0.497 e. The number of methoxy groups -OCH3 is 1.